The van der Waals surface area contributed by atoms with Crippen LogP contribution in [0.25, 0.3) is 0 Å². The Balaban J connectivity index is 2.35. The Kier molecular flexibility index (Phi) is 4.34. The second-order valence-electron chi connectivity index (χ2n) is 4.58. The Morgan fingerprint density at radius 1 is 1.35 bits per heavy atom. The van der Waals surface area contributed by atoms with Crippen molar-refractivity contribution in [2.45, 2.75) is 19.8 Å². The monoisotopic (exact) mass is 334 g/mol. The molecular weight excluding hydrogens is 320 g/mol. The van der Waals surface area contributed by atoms with Crippen molar-refractivity contribution in [2.75, 3.05) is 0 Å². The molecule has 1 aromatic carbocycles. The zero-order chi connectivity index (χ0) is 14.7. The first-order valence-corrected chi connectivity index (χ1v) is 6.91. The molecule has 20 heavy (non-hydrogen) atoms. The number of nitrogen functional groups attached to an aromatic ring is 1. The molecule has 5 nitrogen and oxygen atoms in total. The quantitative estimate of drug-likeness (QED) is 0.662. The number of rotatable bonds is 4. The molecule has 0 unspecified atom stereocenters. The predicted molar refractivity (Wildman–Crippen MR) is 81.4 cm³/mol. The molecule has 2 rings (SSSR count). The number of hydrogen-bond acceptors (Lipinski definition) is 4. The highest BCUT2D eigenvalue weighted by Gasteiger charge is 2.11. The van der Waals surface area contributed by atoms with Crippen LogP contribution in [0.4, 0.5) is 0 Å². The average Bonchev–Trinajstić information content (AvgIpc) is 2.41. The molecule has 1 heterocycles. The van der Waals surface area contributed by atoms with Gasteiger partial charge in [-0.15, -0.1) is 0 Å². The van der Waals surface area contributed by atoms with Crippen LogP contribution in [-0.4, -0.2) is 15.8 Å². The Labute approximate surface area is 125 Å². The summed E-state index contributed by atoms with van der Waals surface area (Å²) in [7, 11) is 0. The zero-order valence-electron chi connectivity index (χ0n) is 11.2. The molecule has 0 amide bonds. The van der Waals surface area contributed by atoms with Crippen molar-refractivity contribution in [3.8, 4) is 11.8 Å². The summed E-state index contributed by atoms with van der Waals surface area (Å²) >= 11 is 3.45. The van der Waals surface area contributed by atoms with Gasteiger partial charge in [0.05, 0.1) is 0 Å². The minimum Gasteiger partial charge on any atom is -0.424 e. The fraction of sp³-hybridized carbons (Fsp3) is 0.214. The third-order valence-electron chi connectivity index (χ3n) is 2.70. The fourth-order valence-corrected chi connectivity index (χ4v) is 2.08. The van der Waals surface area contributed by atoms with E-state index < -0.39 is 0 Å². The summed E-state index contributed by atoms with van der Waals surface area (Å²) in [5.74, 6) is 0.888. The number of halogens is 1. The van der Waals surface area contributed by atoms with E-state index >= 15 is 0 Å². The maximum absolute atomic E-state index is 7.38. The largest absolute Gasteiger partial charge is 0.424 e. The SMILES string of the molecule is CC(C)c1cc(Br)ccc1Oc1nccc(C(=N)N)n1. The summed E-state index contributed by atoms with van der Waals surface area (Å²) in [6, 6.07) is 7.52. The molecule has 2 aromatic rings. The summed E-state index contributed by atoms with van der Waals surface area (Å²) in [5, 5.41) is 7.38. The van der Waals surface area contributed by atoms with Gasteiger partial charge in [-0.05, 0) is 35.7 Å². The van der Waals surface area contributed by atoms with Gasteiger partial charge in [0.2, 0.25) is 0 Å². The highest BCUT2D eigenvalue weighted by Crippen LogP contribution is 2.31. The third-order valence-corrected chi connectivity index (χ3v) is 3.20. The highest BCUT2D eigenvalue weighted by atomic mass is 79.9. The van der Waals surface area contributed by atoms with Gasteiger partial charge in [0.25, 0.3) is 0 Å². The van der Waals surface area contributed by atoms with Gasteiger partial charge >= 0.3 is 6.01 Å². The molecule has 1 aromatic heterocycles. The number of benzene rings is 1. The van der Waals surface area contributed by atoms with E-state index in [0.29, 0.717) is 17.4 Å². The van der Waals surface area contributed by atoms with Crippen LogP contribution < -0.4 is 10.5 Å². The second-order valence-corrected chi connectivity index (χ2v) is 5.49. The lowest BCUT2D eigenvalue weighted by molar-refractivity contribution is 0.433. The van der Waals surface area contributed by atoms with E-state index in [2.05, 4.69) is 39.7 Å². The zero-order valence-corrected chi connectivity index (χ0v) is 12.8. The van der Waals surface area contributed by atoms with E-state index in [-0.39, 0.29) is 11.8 Å². The lowest BCUT2D eigenvalue weighted by atomic mass is 10.0. The molecule has 0 spiro atoms. The van der Waals surface area contributed by atoms with Crippen molar-refractivity contribution in [3.05, 3.63) is 46.2 Å². The van der Waals surface area contributed by atoms with E-state index in [4.69, 9.17) is 15.9 Å². The van der Waals surface area contributed by atoms with Crippen LogP contribution in [0.1, 0.15) is 31.0 Å². The minimum atomic E-state index is -0.114. The summed E-state index contributed by atoms with van der Waals surface area (Å²) in [4.78, 5) is 8.14. The van der Waals surface area contributed by atoms with Crippen LogP contribution in [0.3, 0.4) is 0 Å². The molecular formula is C14H15BrN4O. The van der Waals surface area contributed by atoms with Crippen LogP contribution in [0, 0.1) is 5.41 Å². The first kappa shape index (κ1) is 14.5. The Morgan fingerprint density at radius 3 is 2.75 bits per heavy atom. The number of nitrogens with two attached hydrogens (primary N) is 1. The van der Waals surface area contributed by atoms with Crippen molar-refractivity contribution < 1.29 is 4.74 Å². The molecule has 0 fully saturated rings. The molecule has 0 saturated carbocycles. The van der Waals surface area contributed by atoms with E-state index in [1.165, 1.54) is 6.20 Å². The smallest absolute Gasteiger partial charge is 0.322 e. The molecule has 0 aliphatic carbocycles. The summed E-state index contributed by atoms with van der Waals surface area (Å²) in [6.07, 6.45) is 1.52. The number of nitrogens with one attached hydrogen (secondary N) is 1. The van der Waals surface area contributed by atoms with Gasteiger partial charge in [-0.2, -0.15) is 4.98 Å². The standard InChI is InChI=1S/C14H15BrN4O/c1-8(2)10-7-9(15)3-4-12(10)20-14-18-6-5-11(19-14)13(16)17/h3-8H,1-2H3,(H3,16,17). The molecule has 0 radical (unpaired) electrons. The summed E-state index contributed by atoms with van der Waals surface area (Å²) in [6.45, 7) is 4.17. The second kappa shape index (κ2) is 6.00. The van der Waals surface area contributed by atoms with Crippen molar-refractivity contribution in [1.29, 1.82) is 5.41 Å². The van der Waals surface area contributed by atoms with Crippen molar-refractivity contribution in [3.63, 3.8) is 0 Å². The van der Waals surface area contributed by atoms with Gasteiger partial charge in [-0.1, -0.05) is 29.8 Å². The van der Waals surface area contributed by atoms with Gasteiger partial charge in [-0.3, -0.25) is 5.41 Å². The van der Waals surface area contributed by atoms with Crippen molar-refractivity contribution in [1.82, 2.24) is 9.97 Å². The Morgan fingerprint density at radius 2 is 2.10 bits per heavy atom. The predicted octanol–water partition coefficient (Wildman–Crippen LogP) is 3.44. The lowest BCUT2D eigenvalue weighted by Gasteiger charge is -2.13. The topological polar surface area (TPSA) is 84.9 Å². The van der Waals surface area contributed by atoms with Crippen molar-refractivity contribution >= 4 is 21.8 Å². The molecule has 0 saturated heterocycles. The Hall–Kier alpha value is -1.95. The first-order chi connectivity index (χ1) is 9.47. The molecule has 0 aliphatic heterocycles. The van der Waals surface area contributed by atoms with Gasteiger partial charge in [0.15, 0.2) is 0 Å². The molecule has 0 aliphatic rings. The fourth-order valence-electron chi connectivity index (χ4n) is 1.70. The van der Waals surface area contributed by atoms with E-state index in [1.54, 1.807) is 6.07 Å². The van der Waals surface area contributed by atoms with Gasteiger partial charge in [0.1, 0.15) is 17.3 Å². The maximum Gasteiger partial charge on any atom is 0.322 e. The molecule has 0 atom stereocenters. The summed E-state index contributed by atoms with van der Waals surface area (Å²) in [5.41, 5.74) is 6.80. The van der Waals surface area contributed by atoms with Crippen LogP contribution in [-0.2, 0) is 0 Å². The molecule has 6 heteroatoms. The first-order valence-electron chi connectivity index (χ1n) is 6.12. The van der Waals surface area contributed by atoms with Gasteiger partial charge in [0, 0.05) is 10.7 Å². The Bertz CT molecular complexity index is 643. The number of hydrogen-bond donors (Lipinski definition) is 2. The number of nitrogens with zero attached hydrogens (tertiary/aromatic N) is 2. The minimum absolute atomic E-state index is 0.114. The van der Waals surface area contributed by atoms with Crippen LogP contribution in [0.2, 0.25) is 0 Å². The molecule has 104 valence electrons. The van der Waals surface area contributed by atoms with Gasteiger partial charge < -0.3 is 10.5 Å². The number of aromatic nitrogens is 2. The highest BCUT2D eigenvalue weighted by molar-refractivity contribution is 9.10. The lowest BCUT2D eigenvalue weighted by Crippen LogP contribution is -2.13. The van der Waals surface area contributed by atoms with Crippen LogP contribution in [0.15, 0.2) is 34.9 Å². The van der Waals surface area contributed by atoms with Crippen molar-refractivity contribution in [2.24, 2.45) is 5.73 Å². The van der Waals surface area contributed by atoms with E-state index in [0.717, 1.165) is 10.0 Å². The number of ether oxygens (including phenoxy) is 1. The van der Waals surface area contributed by atoms with E-state index in [9.17, 15) is 0 Å². The molecule has 3 N–H and O–H groups in total. The summed E-state index contributed by atoms with van der Waals surface area (Å²) < 4.78 is 6.71. The average molecular weight is 335 g/mol. The maximum atomic E-state index is 7.38. The normalized spacial score (nSPS) is 10.6. The molecule has 0 bridgehead atoms. The van der Waals surface area contributed by atoms with E-state index in [1.807, 2.05) is 18.2 Å². The van der Waals surface area contributed by atoms with Crippen LogP contribution >= 0.6 is 15.9 Å². The number of amidine groups is 1. The third kappa shape index (κ3) is 3.33. The van der Waals surface area contributed by atoms with Crippen LogP contribution in [0.5, 0.6) is 11.8 Å². The van der Waals surface area contributed by atoms with Gasteiger partial charge in [-0.25, -0.2) is 4.98 Å².